The maximum Gasteiger partial charge on any atom is 0.497 e. The Bertz CT molecular complexity index is 548. The molecule has 1 aromatic heterocycles. The largest absolute Gasteiger partial charge is 0.497 e. The van der Waals surface area contributed by atoms with Crippen molar-refractivity contribution in [2.24, 2.45) is 0 Å². The highest BCUT2D eigenvalue weighted by atomic mass is 19.4. The monoisotopic (exact) mass is 256 g/mol. The molecule has 0 atom stereocenters. The topological polar surface area (TPSA) is 14.2 Å². The Labute approximate surface area is 103 Å². The van der Waals surface area contributed by atoms with Crippen LogP contribution in [0.5, 0.6) is 5.75 Å². The lowest BCUT2D eigenvalue weighted by Crippen LogP contribution is -2.23. The average molecular weight is 256 g/mol. The fraction of sp³-hybridized carbons (Fsp3) is 0.333. The quantitative estimate of drug-likeness (QED) is 0.758. The van der Waals surface area contributed by atoms with Crippen LogP contribution in [-0.4, -0.2) is 17.6 Å². The molecule has 0 unspecified atom stereocenters. The van der Waals surface area contributed by atoms with Crippen molar-refractivity contribution in [1.29, 1.82) is 0 Å². The van der Waals surface area contributed by atoms with Crippen molar-refractivity contribution in [3.8, 4) is 5.75 Å². The van der Waals surface area contributed by atoms with Gasteiger partial charge in [0.25, 0.3) is 0 Å². The standard InChI is InChI=1S/C12H14BF3NO/c1-9(2)18-11-3-4-12-10(7-11)5-6-17(12)8-13(14,15)16/h3-7,9H,8H2,1-2H3/q-1. The van der Waals surface area contributed by atoms with Crippen LogP contribution in [0.1, 0.15) is 13.8 Å². The van der Waals surface area contributed by atoms with Gasteiger partial charge < -0.3 is 22.3 Å². The number of hydrogen-bond donors (Lipinski definition) is 0. The minimum Gasteiger partial charge on any atom is -0.491 e. The molecule has 0 radical (unpaired) electrons. The first kappa shape index (κ1) is 12.9. The van der Waals surface area contributed by atoms with Crippen LogP contribution in [0.15, 0.2) is 30.5 Å². The lowest BCUT2D eigenvalue weighted by Gasteiger charge is -2.16. The van der Waals surface area contributed by atoms with Gasteiger partial charge in [-0.2, -0.15) is 0 Å². The third-order valence-electron chi connectivity index (χ3n) is 2.52. The lowest BCUT2D eigenvalue weighted by molar-refractivity contribution is 0.243. The molecule has 2 rings (SSSR count). The number of benzene rings is 1. The van der Waals surface area contributed by atoms with E-state index in [1.807, 2.05) is 13.8 Å². The Morgan fingerprint density at radius 2 is 1.94 bits per heavy atom. The van der Waals surface area contributed by atoms with Gasteiger partial charge in [-0.1, -0.05) is 0 Å². The van der Waals surface area contributed by atoms with Crippen molar-refractivity contribution >= 4 is 17.9 Å². The summed E-state index contributed by atoms with van der Waals surface area (Å²) in [5.74, 6) is 0.674. The number of ether oxygens (including phenoxy) is 1. The summed E-state index contributed by atoms with van der Waals surface area (Å²) in [5, 5.41) is 0.758. The molecular weight excluding hydrogens is 242 g/mol. The summed E-state index contributed by atoms with van der Waals surface area (Å²) >= 11 is 0. The van der Waals surface area contributed by atoms with Gasteiger partial charge in [0.05, 0.1) is 6.10 Å². The molecular formula is C12H14BF3NO-. The highest BCUT2D eigenvalue weighted by Gasteiger charge is 2.24. The van der Waals surface area contributed by atoms with Crippen molar-refractivity contribution < 1.29 is 17.7 Å². The van der Waals surface area contributed by atoms with Gasteiger partial charge in [-0.05, 0) is 44.6 Å². The Morgan fingerprint density at radius 3 is 2.56 bits per heavy atom. The Morgan fingerprint density at radius 1 is 1.22 bits per heavy atom. The zero-order chi connectivity index (χ0) is 13.3. The molecule has 0 aliphatic heterocycles. The van der Waals surface area contributed by atoms with Gasteiger partial charge in [0.1, 0.15) is 5.75 Å². The van der Waals surface area contributed by atoms with Gasteiger partial charge in [-0.3, -0.25) is 0 Å². The van der Waals surface area contributed by atoms with E-state index < -0.39 is 13.4 Å². The predicted octanol–water partition coefficient (Wildman–Crippen LogP) is 3.82. The van der Waals surface area contributed by atoms with Gasteiger partial charge in [0.2, 0.25) is 0 Å². The summed E-state index contributed by atoms with van der Waals surface area (Å²) in [4.78, 5) is 0. The molecule has 0 saturated heterocycles. The number of fused-ring (bicyclic) bond motifs is 1. The fourth-order valence-corrected chi connectivity index (χ4v) is 1.91. The number of halogens is 3. The first-order valence-electron chi connectivity index (χ1n) is 5.82. The minimum atomic E-state index is -4.83. The molecule has 0 amide bonds. The van der Waals surface area contributed by atoms with E-state index in [2.05, 4.69) is 0 Å². The van der Waals surface area contributed by atoms with Crippen molar-refractivity contribution in [3.63, 3.8) is 0 Å². The maximum absolute atomic E-state index is 12.4. The van der Waals surface area contributed by atoms with Crippen LogP contribution in [0.25, 0.3) is 10.9 Å². The predicted molar refractivity (Wildman–Crippen MR) is 66.8 cm³/mol. The molecule has 0 bridgehead atoms. The highest BCUT2D eigenvalue weighted by Crippen LogP contribution is 2.24. The van der Waals surface area contributed by atoms with Crippen molar-refractivity contribution in [2.75, 3.05) is 0 Å². The molecule has 2 aromatic rings. The molecule has 1 aromatic carbocycles. The normalized spacial score (nSPS) is 12.3. The van der Waals surface area contributed by atoms with Gasteiger partial charge in [0, 0.05) is 17.1 Å². The van der Waals surface area contributed by atoms with E-state index in [0.29, 0.717) is 11.3 Å². The molecule has 98 valence electrons. The van der Waals surface area contributed by atoms with Crippen molar-refractivity contribution in [1.82, 2.24) is 4.57 Å². The third-order valence-corrected chi connectivity index (χ3v) is 2.52. The van der Waals surface area contributed by atoms with Crippen LogP contribution in [0.2, 0.25) is 0 Å². The lowest BCUT2D eigenvalue weighted by atomic mass is 9.92. The second kappa shape index (κ2) is 4.59. The van der Waals surface area contributed by atoms with Gasteiger partial charge >= 0.3 is 6.98 Å². The summed E-state index contributed by atoms with van der Waals surface area (Å²) in [6.45, 7) is -1.02. The zero-order valence-electron chi connectivity index (χ0n) is 10.2. The number of hydrogen-bond acceptors (Lipinski definition) is 1. The molecule has 2 nitrogen and oxygen atoms in total. The molecule has 0 fully saturated rings. The highest BCUT2D eigenvalue weighted by molar-refractivity contribution is 6.57. The van der Waals surface area contributed by atoms with Crippen LogP contribution >= 0.6 is 0 Å². The summed E-state index contributed by atoms with van der Waals surface area (Å²) in [6.07, 6.45) is 0.593. The molecule has 0 spiro atoms. The van der Waals surface area contributed by atoms with E-state index in [0.717, 1.165) is 5.39 Å². The molecule has 0 aliphatic rings. The zero-order valence-corrected chi connectivity index (χ0v) is 10.2. The average Bonchev–Trinajstić information content (AvgIpc) is 2.57. The molecule has 6 heteroatoms. The summed E-state index contributed by atoms with van der Waals surface area (Å²) < 4.78 is 44.0. The fourth-order valence-electron chi connectivity index (χ4n) is 1.91. The minimum absolute atomic E-state index is 0.0445. The van der Waals surface area contributed by atoms with Gasteiger partial charge in [0.15, 0.2) is 0 Å². The molecule has 0 saturated carbocycles. The van der Waals surface area contributed by atoms with Crippen LogP contribution in [0.4, 0.5) is 12.9 Å². The third kappa shape index (κ3) is 3.00. The smallest absolute Gasteiger partial charge is 0.491 e. The Balaban J connectivity index is 2.32. The van der Waals surface area contributed by atoms with Crippen LogP contribution < -0.4 is 4.74 Å². The second-order valence-corrected chi connectivity index (χ2v) is 4.57. The molecule has 0 aliphatic carbocycles. The number of aromatic nitrogens is 1. The summed E-state index contributed by atoms with van der Waals surface area (Å²) in [7, 11) is 0. The first-order chi connectivity index (χ1) is 8.35. The number of rotatable bonds is 4. The SMILES string of the molecule is CC(C)Oc1ccc2c(ccn2C[B-](F)(F)F)c1. The maximum atomic E-state index is 12.4. The molecule has 18 heavy (non-hydrogen) atoms. The van der Waals surface area contributed by atoms with Crippen LogP contribution in [0, 0.1) is 0 Å². The van der Waals surface area contributed by atoms with Gasteiger partial charge in [-0.15, -0.1) is 0 Å². The van der Waals surface area contributed by atoms with E-state index in [-0.39, 0.29) is 6.10 Å². The van der Waals surface area contributed by atoms with E-state index in [1.54, 1.807) is 24.3 Å². The van der Waals surface area contributed by atoms with Crippen molar-refractivity contribution in [3.05, 3.63) is 30.5 Å². The van der Waals surface area contributed by atoms with Crippen molar-refractivity contribution in [2.45, 2.75) is 26.4 Å². The van der Waals surface area contributed by atoms with E-state index >= 15 is 0 Å². The first-order valence-corrected chi connectivity index (χ1v) is 5.82. The van der Waals surface area contributed by atoms with E-state index in [1.165, 1.54) is 10.8 Å². The van der Waals surface area contributed by atoms with Crippen LogP contribution in [-0.2, 0) is 6.44 Å². The molecule has 1 heterocycles. The van der Waals surface area contributed by atoms with E-state index in [4.69, 9.17) is 4.74 Å². The van der Waals surface area contributed by atoms with Crippen LogP contribution in [0.3, 0.4) is 0 Å². The Kier molecular flexibility index (Phi) is 3.28. The van der Waals surface area contributed by atoms with Gasteiger partial charge in [-0.25, -0.2) is 0 Å². The number of nitrogens with zero attached hydrogens (tertiary/aromatic N) is 1. The summed E-state index contributed by atoms with van der Waals surface area (Å²) in [5.41, 5.74) is 0.574. The Hall–Kier alpha value is -1.59. The summed E-state index contributed by atoms with van der Waals surface area (Å²) in [6, 6.07) is 6.79. The second-order valence-electron chi connectivity index (χ2n) is 4.57. The molecule has 0 N–H and O–H groups in total. The van der Waals surface area contributed by atoms with E-state index in [9.17, 15) is 12.9 Å².